The van der Waals surface area contributed by atoms with E-state index in [0.29, 0.717) is 20.8 Å². The Morgan fingerprint density at radius 3 is 1.30 bits per heavy atom. The molecule has 0 aromatic rings. The van der Waals surface area contributed by atoms with E-state index in [2.05, 4.69) is 4.74 Å². The molecule has 1 saturated heterocycles. The maximum Gasteiger partial charge on any atom is 0.424 e. The maximum absolute atomic E-state index is 14.6. The number of sulfonamides is 2. The van der Waals surface area contributed by atoms with E-state index >= 15 is 0 Å². The molecule has 0 aromatic heterocycles. The molecule has 0 spiro atoms. The molecule has 180 valence electrons. The minimum Gasteiger partial charge on any atom is -0.267 e. The molecule has 1 heterocycles. The minimum atomic E-state index is -7.02. The first kappa shape index (κ1) is 27.2. The number of nitrogens with zero attached hydrogens (tertiary/aromatic N) is 1. The Hall–Kier alpha value is -0.880. The van der Waals surface area contributed by atoms with Gasteiger partial charge in [-0.1, -0.05) is 24.5 Å². The number of hydrogen-bond donors (Lipinski definition) is 0. The predicted molar refractivity (Wildman–Crippen MR) is 79.3 cm³/mol. The van der Waals surface area contributed by atoms with Crippen LogP contribution in [0.1, 0.15) is 27.7 Å². The molecule has 0 saturated carbocycles. The van der Waals surface area contributed by atoms with Gasteiger partial charge in [-0.15, -0.1) is 0 Å². The molecule has 18 heteroatoms. The van der Waals surface area contributed by atoms with Crippen LogP contribution in [0.25, 0.3) is 0 Å². The van der Waals surface area contributed by atoms with Gasteiger partial charge in [0.05, 0.1) is 0 Å². The fourth-order valence-electron chi connectivity index (χ4n) is 2.23. The highest BCUT2D eigenvalue weighted by atomic mass is 32.3. The van der Waals surface area contributed by atoms with E-state index in [0.717, 1.165) is 0 Å². The van der Waals surface area contributed by atoms with Crippen molar-refractivity contribution >= 4 is 20.0 Å². The summed E-state index contributed by atoms with van der Waals surface area (Å²) in [5.41, 5.74) is -8.27. The second-order valence-electron chi connectivity index (χ2n) is 7.46. The smallest absolute Gasteiger partial charge is 0.267 e. The molecule has 0 aromatic carbocycles. The highest BCUT2D eigenvalue weighted by molar-refractivity contribution is 8.05. The molecular formula is C12H15F10NO5S2. The molecule has 1 aliphatic heterocycles. The van der Waals surface area contributed by atoms with Crippen LogP contribution in [0.3, 0.4) is 0 Å². The van der Waals surface area contributed by atoms with Gasteiger partial charge in [-0.25, -0.2) is 30.0 Å². The first-order valence-electron chi connectivity index (χ1n) is 7.44. The number of alkyl halides is 10. The standard InChI is InChI=1S/C12H15F10NO5S2/c1-6(2,3)8(14,15)7(4,13)10(17,18)28-9(16)11(19,20)29(24,25)23(5)30(26,27)12(9,21)22/h1-5H3. The molecule has 0 N–H and O–H groups in total. The third-order valence-electron chi connectivity index (χ3n) is 4.42. The highest BCUT2D eigenvalue weighted by Gasteiger charge is 2.90. The van der Waals surface area contributed by atoms with Crippen molar-refractivity contribution in [2.45, 2.75) is 61.8 Å². The highest BCUT2D eigenvalue weighted by Crippen LogP contribution is 2.61. The van der Waals surface area contributed by atoms with Crippen molar-refractivity contribution < 1.29 is 65.5 Å². The Morgan fingerprint density at radius 1 is 0.733 bits per heavy atom. The molecule has 0 aliphatic carbocycles. The predicted octanol–water partition coefficient (Wildman–Crippen LogP) is 3.46. The average molecular weight is 507 g/mol. The number of halogens is 10. The van der Waals surface area contributed by atoms with Gasteiger partial charge in [-0.05, 0) is 6.92 Å². The van der Waals surface area contributed by atoms with E-state index in [1.807, 2.05) is 0 Å². The van der Waals surface area contributed by atoms with Crippen LogP contribution >= 0.6 is 0 Å². The van der Waals surface area contributed by atoms with Crippen LogP contribution in [-0.4, -0.2) is 61.7 Å². The average Bonchev–Trinajstić information content (AvgIpc) is 2.50. The summed E-state index contributed by atoms with van der Waals surface area (Å²) < 4.78 is 189. The summed E-state index contributed by atoms with van der Waals surface area (Å²) in [7, 11) is -14.4. The summed E-state index contributed by atoms with van der Waals surface area (Å²) in [6, 6.07) is 0. The van der Waals surface area contributed by atoms with Crippen LogP contribution < -0.4 is 0 Å². The number of rotatable bonds is 4. The van der Waals surface area contributed by atoms with E-state index in [4.69, 9.17) is 0 Å². The van der Waals surface area contributed by atoms with E-state index in [9.17, 15) is 60.7 Å². The molecule has 1 rings (SSSR count). The van der Waals surface area contributed by atoms with Crippen molar-refractivity contribution in [2.75, 3.05) is 7.05 Å². The van der Waals surface area contributed by atoms with Gasteiger partial charge in [0.2, 0.25) is 0 Å². The van der Waals surface area contributed by atoms with Crippen molar-refractivity contribution in [2.24, 2.45) is 5.41 Å². The first-order chi connectivity index (χ1) is 12.6. The molecule has 0 amide bonds. The van der Waals surface area contributed by atoms with Crippen molar-refractivity contribution in [1.82, 2.24) is 3.71 Å². The summed E-state index contributed by atoms with van der Waals surface area (Å²) in [5.74, 6) is -12.3. The molecule has 1 aliphatic rings. The van der Waals surface area contributed by atoms with Gasteiger partial charge >= 0.3 is 22.5 Å². The second kappa shape index (κ2) is 6.34. The van der Waals surface area contributed by atoms with Crippen molar-refractivity contribution in [3.8, 4) is 0 Å². The van der Waals surface area contributed by atoms with Gasteiger partial charge in [-0.2, -0.15) is 30.7 Å². The van der Waals surface area contributed by atoms with Gasteiger partial charge in [0.25, 0.3) is 31.6 Å². The first-order valence-corrected chi connectivity index (χ1v) is 10.3. The normalized spacial score (nSPS) is 28.0. The fourth-order valence-corrected chi connectivity index (χ4v) is 5.54. The fraction of sp³-hybridized carbons (Fsp3) is 1.00. The molecule has 1 fully saturated rings. The zero-order valence-corrected chi connectivity index (χ0v) is 17.2. The lowest BCUT2D eigenvalue weighted by molar-refractivity contribution is -0.451. The maximum atomic E-state index is 14.6. The van der Waals surface area contributed by atoms with Gasteiger partial charge in [0, 0.05) is 12.5 Å². The Balaban J connectivity index is 3.85. The van der Waals surface area contributed by atoms with Crippen molar-refractivity contribution in [1.29, 1.82) is 0 Å². The van der Waals surface area contributed by atoms with E-state index in [1.165, 1.54) is 0 Å². The van der Waals surface area contributed by atoms with Crippen LogP contribution in [0.15, 0.2) is 0 Å². The third-order valence-corrected chi connectivity index (χ3v) is 8.77. The summed E-state index contributed by atoms with van der Waals surface area (Å²) in [6.45, 7) is 0.662. The topological polar surface area (TPSA) is 80.8 Å². The molecule has 30 heavy (non-hydrogen) atoms. The molecule has 1 unspecified atom stereocenters. The van der Waals surface area contributed by atoms with Gasteiger partial charge < -0.3 is 0 Å². The Morgan fingerprint density at radius 2 is 1.03 bits per heavy atom. The van der Waals surface area contributed by atoms with Gasteiger partial charge in [0.1, 0.15) is 0 Å². The Bertz CT molecular complexity index is 878. The molecule has 6 nitrogen and oxygen atoms in total. The third kappa shape index (κ3) is 2.88. The Labute approximate surface area is 164 Å². The van der Waals surface area contributed by atoms with Crippen molar-refractivity contribution in [3.05, 3.63) is 0 Å². The second-order valence-corrected chi connectivity index (χ2v) is 11.7. The quantitative estimate of drug-likeness (QED) is 0.545. The monoisotopic (exact) mass is 507 g/mol. The largest absolute Gasteiger partial charge is 0.424 e. The van der Waals surface area contributed by atoms with Gasteiger partial charge in [0.15, 0.2) is 0 Å². The molecule has 0 bridgehead atoms. The number of ether oxygens (including phenoxy) is 1. The van der Waals surface area contributed by atoms with Crippen LogP contribution in [0.2, 0.25) is 0 Å². The lowest BCUT2D eigenvalue weighted by atomic mass is 9.78. The minimum absolute atomic E-state index is 0.392. The lowest BCUT2D eigenvalue weighted by Crippen LogP contribution is -2.76. The zero-order valence-electron chi connectivity index (χ0n) is 15.6. The van der Waals surface area contributed by atoms with Crippen LogP contribution in [0, 0.1) is 5.41 Å². The van der Waals surface area contributed by atoms with Crippen molar-refractivity contribution in [3.63, 3.8) is 0 Å². The molecule has 0 radical (unpaired) electrons. The molecule has 1 atom stereocenters. The summed E-state index contributed by atoms with van der Waals surface area (Å²) in [5, 5.41) is -13.6. The summed E-state index contributed by atoms with van der Waals surface area (Å²) in [6.07, 6.45) is -6.60. The van der Waals surface area contributed by atoms with E-state index in [1.54, 1.807) is 0 Å². The Kier molecular flexibility index (Phi) is 5.74. The van der Waals surface area contributed by atoms with E-state index in [-0.39, 0.29) is 0 Å². The summed E-state index contributed by atoms with van der Waals surface area (Å²) in [4.78, 5) is 0. The SMILES string of the molecule is CN1S(=O)(=O)C(F)(F)C(F)(OC(F)(F)C(C)(F)C(F)(F)C(C)(C)C)C(F)(F)S1(=O)=O. The van der Waals surface area contributed by atoms with Crippen LogP contribution in [0.5, 0.6) is 0 Å². The van der Waals surface area contributed by atoms with Crippen LogP contribution in [-0.2, 0) is 24.8 Å². The van der Waals surface area contributed by atoms with Crippen LogP contribution in [0.4, 0.5) is 43.9 Å². The van der Waals surface area contributed by atoms with Gasteiger partial charge in [-0.3, -0.25) is 4.74 Å². The lowest BCUT2D eigenvalue weighted by Gasteiger charge is -2.47. The van der Waals surface area contributed by atoms with E-state index < -0.39 is 77.2 Å². The molecular weight excluding hydrogens is 492 g/mol. The number of hydrogen-bond acceptors (Lipinski definition) is 5. The summed E-state index contributed by atoms with van der Waals surface area (Å²) >= 11 is 0. The zero-order chi connectivity index (χ0) is 24.8.